The fourth-order valence-electron chi connectivity index (χ4n) is 1.39. The van der Waals surface area contributed by atoms with E-state index in [4.69, 9.17) is 0 Å². The number of hydrogen-bond acceptors (Lipinski definition) is 3. The minimum atomic E-state index is -2.81. The molecular formula is C10H23NO2S. The quantitative estimate of drug-likeness (QED) is 0.707. The smallest absolute Gasteiger partial charge is 0.147 e. The van der Waals surface area contributed by atoms with Crippen LogP contribution in [0.15, 0.2) is 0 Å². The van der Waals surface area contributed by atoms with E-state index in [0.29, 0.717) is 12.0 Å². The van der Waals surface area contributed by atoms with E-state index in [1.54, 1.807) is 0 Å². The molecule has 0 saturated carbocycles. The molecule has 0 rings (SSSR count). The first-order valence-electron chi connectivity index (χ1n) is 5.24. The monoisotopic (exact) mass is 221 g/mol. The van der Waals surface area contributed by atoms with Crippen LogP contribution in [0, 0.1) is 5.92 Å². The van der Waals surface area contributed by atoms with Gasteiger partial charge in [-0.3, -0.25) is 0 Å². The van der Waals surface area contributed by atoms with Gasteiger partial charge in [-0.1, -0.05) is 20.3 Å². The molecule has 0 aliphatic heterocycles. The van der Waals surface area contributed by atoms with Gasteiger partial charge in [-0.2, -0.15) is 0 Å². The molecule has 86 valence electrons. The Morgan fingerprint density at radius 3 is 2.29 bits per heavy atom. The molecule has 2 atom stereocenters. The lowest BCUT2D eigenvalue weighted by Gasteiger charge is -2.19. The number of sulfone groups is 1. The zero-order valence-corrected chi connectivity index (χ0v) is 10.5. The highest BCUT2D eigenvalue weighted by Crippen LogP contribution is 2.12. The second-order valence-corrected chi connectivity index (χ2v) is 6.41. The summed E-state index contributed by atoms with van der Waals surface area (Å²) in [6, 6.07) is 0.333. The van der Waals surface area contributed by atoms with Gasteiger partial charge in [0.25, 0.3) is 0 Å². The van der Waals surface area contributed by atoms with Crippen LogP contribution in [0.2, 0.25) is 0 Å². The largest absolute Gasteiger partial charge is 0.317 e. The molecule has 0 aromatic rings. The summed E-state index contributed by atoms with van der Waals surface area (Å²) in [5.74, 6) is 0.946. The molecule has 0 heterocycles. The minimum Gasteiger partial charge on any atom is -0.317 e. The van der Waals surface area contributed by atoms with Crippen LogP contribution in [0.25, 0.3) is 0 Å². The topological polar surface area (TPSA) is 46.2 Å². The summed E-state index contributed by atoms with van der Waals surface area (Å²) >= 11 is 0. The van der Waals surface area contributed by atoms with Gasteiger partial charge in [0.05, 0.1) is 5.75 Å². The van der Waals surface area contributed by atoms with Gasteiger partial charge in [0, 0.05) is 12.3 Å². The van der Waals surface area contributed by atoms with E-state index in [1.807, 2.05) is 7.05 Å². The first-order chi connectivity index (χ1) is 6.39. The van der Waals surface area contributed by atoms with Gasteiger partial charge in [0.1, 0.15) is 9.84 Å². The summed E-state index contributed by atoms with van der Waals surface area (Å²) < 4.78 is 22.0. The average Bonchev–Trinajstić information content (AvgIpc) is 2.10. The Balaban J connectivity index is 3.92. The molecule has 0 aromatic heterocycles. The lowest BCUT2D eigenvalue weighted by molar-refractivity contribution is 0.404. The van der Waals surface area contributed by atoms with Crippen LogP contribution in [0.4, 0.5) is 0 Å². The highest BCUT2D eigenvalue weighted by Gasteiger charge is 2.12. The van der Waals surface area contributed by atoms with Crippen LogP contribution in [0.1, 0.15) is 33.1 Å². The summed E-state index contributed by atoms with van der Waals surface area (Å²) in [5, 5.41) is 3.18. The van der Waals surface area contributed by atoms with Crippen molar-refractivity contribution < 1.29 is 8.42 Å². The molecule has 0 saturated heterocycles. The first kappa shape index (κ1) is 13.9. The van der Waals surface area contributed by atoms with Crippen LogP contribution < -0.4 is 5.32 Å². The van der Waals surface area contributed by atoms with Gasteiger partial charge in [0.15, 0.2) is 0 Å². The second-order valence-electron chi connectivity index (χ2n) is 4.15. The van der Waals surface area contributed by atoms with Crippen LogP contribution >= 0.6 is 0 Å². The Kier molecular flexibility index (Phi) is 6.36. The van der Waals surface area contributed by atoms with E-state index in [9.17, 15) is 8.42 Å². The first-order valence-corrected chi connectivity index (χ1v) is 7.30. The summed E-state index contributed by atoms with van der Waals surface area (Å²) in [5.41, 5.74) is 0. The third-order valence-corrected chi connectivity index (χ3v) is 3.61. The molecule has 0 aliphatic rings. The van der Waals surface area contributed by atoms with E-state index >= 15 is 0 Å². The molecule has 0 amide bonds. The molecule has 0 radical (unpaired) electrons. The molecule has 2 unspecified atom stereocenters. The van der Waals surface area contributed by atoms with Gasteiger partial charge in [-0.15, -0.1) is 0 Å². The third-order valence-electron chi connectivity index (χ3n) is 2.63. The van der Waals surface area contributed by atoms with E-state index in [-0.39, 0.29) is 5.75 Å². The van der Waals surface area contributed by atoms with Crippen molar-refractivity contribution >= 4 is 9.84 Å². The van der Waals surface area contributed by atoms with Crippen molar-refractivity contribution in [2.24, 2.45) is 5.92 Å². The molecule has 0 bridgehead atoms. The Morgan fingerprint density at radius 2 is 1.93 bits per heavy atom. The maximum absolute atomic E-state index is 11.0. The van der Waals surface area contributed by atoms with Crippen LogP contribution in [-0.2, 0) is 9.84 Å². The zero-order valence-electron chi connectivity index (χ0n) is 9.71. The highest BCUT2D eigenvalue weighted by molar-refractivity contribution is 7.90. The van der Waals surface area contributed by atoms with Gasteiger partial charge >= 0.3 is 0 Å². The SMILES string of the molecule is CCC(C)CC(CCS(C)(=O)=O)NC. The molecule has 0 aromatic carbocycles. The molecule has 1 N–H and O–H groups in total. The maximum atomic E-state index is 11.0. The molecule has 4 heteroatoms. The van der Waals surface area contributed by atoms with E-state index in [0.717, 1.165) is 19.3 Å². The highest BCUT2D eigenvalue weighted by atomic mass is 32.2. The number of rotatable bonds is 7. The molecule has 14 heavy (non-hydrogen) atoms. The molecule has 0 fully saturated rings. The Bertz CT molecular complexity index is 237. The molecule has 0 aliphatic carbocycles. The van der Waals surface area contributed by atoms with E-state index in [1.165, 1.54) is 6.26 Å². The summed E-state index contributed by atoms with van der Waals surface area (Å²) in [6.45, 7) is 4.36. The summed E-state index contributed by atoms with van der Waals surface area (Å²) in [6.07, 6.45) is 4.22. The Hall–Kier alpha value is -0.0900. The second kappa shape index (κ2) is 6.40. The summed E-state index contributed by atoms with van der Waals surface area (Å²) in [4.78, 5) is 0. The van der Waals surface area contributed by atoms with Crippen LogP contribution in [0.5, 0.6) is 0 Å². The van der Waals surface area contributed by atoms with Crippen LogP contribution in [-0.4, -0.2) is 33.5 Å². The predicted octanol–water partition coefficient (Wildman–Crippen LogP) is 1.45. The van der Waals surface area contributed by atoms with Gasteiger partial charge < -0.3 is 5.32 Å². The lowest BCUT2D eigenvalue weighted by atomic mass is 9.98. The third kappa shape index (κ3) is 7.33. The van der Waals surface area contributed by atoms with Crippen molar-refractivity contribution in [2.75, 3.05) is 19.1 Å². The fourth-order valence-corrected chi connectivity index (χ4v) is 2.10. The standard InChI is InChI=1S/C10H23NO2S/c1-5-9(2)8-10(11-3)6-7-14(4,12)13/h9-11H,5-8H2,1-4H3. The minimum absolute atomic E-state index is 0.287. The average molecular weight is 221 g/mol. The van der Waals surface area contributed by atoms with Crippen molar-refractivity contribution in [1.29, 1.82) is 0 Å². The normalized spacial score (nSPS) is 16.6. The molecule has 0 spiro atoms. The van der Waals surface area contributed by atoms with Gasteiger partial charge in [0.2, 0.25) is 0 Å². The Morgan fingerprint density at radius 1 is 1.36 bits per heavy atom. The maximum Gasteiger partial charge on any atom is 0.147 e. The van der Waals surface area contributed by atoms with E-state index in [2.05, 4.69) is 19.2 Å². The number of hydrogen-bond donors (Lipinski definition) is 1. The van der Waals surface area contributed by atoms with Crippen molar-refractivity contribution in [2.45, 2.75) is 39.2 Å². The number of nitrogens with one attached hydrogen (secondary N) is 1. The lowest BCUT2D eigenvalue weighted by Crippen LogP contribution is -2.29. The Labute approximate surface area is 88.2 Å². The predicted molar refractivity (Wildman–Crippen MR) is 61.2 cm³/mol. The molecular weight excluding hydrogens is 198 g/mol. The van der Waals surface area contributed by atoms with Gasteiger partial charge in [-0.25, -0.2) is 8.42 Å². The fraction of sp³-hybridized carbons (Fsp3) is 1.00. The van der Waals surface area contributed by atoms with E-state index < -0.39 is 9.84 Å². The molecule has 3 nitrogen and oxygen atoms in total. The summed E-state index contributed by atoms with van der Waals surface area (Å²) in [7, 11) is -0.914. The van der Waals surface area contributed by atoms with Crippen molar-refractivity contribution in [1.82, 2.24) is 5.32 Å². The van der Waals surface area contributed by atoms with Crippen molar-refractivity contribution in [3.05, 3.63) is 0 Å². The zero-order chi connectivity index (χ0) is 11.2. The van der Waals surface area contributed by atoms with Crippen LogP contribution in [0.3, 0.4) is 0 Å². The van der Waals surface area contributed by atoms with Crippen molar-refractivity contribution in [3.63, 3.8) is 0 Å². The van der Waals surface area contributed by atoms with Gasteiger partial charge in [-0.05, 0) is 25.8 Å². The van der Waals surface area contributed by atoms with Crippen molar-refractivity contribution in [3.8, 4) is 0 Å².